The number of nitrogens with one attached hydrogen (secondary N) is 3. The first-order valence-corrected chi connectivity index (χ1v) is 17.3. The Labute approximate surface area is 280 Å². The molecule has 4 N–H and O–H groups in total. The molecule has 0 bridgehead atoms. The lowest BCUT2D eigenvalue weighted by atomic mass is 9.94. The number of aromatic nitrogens is 2. The molecule has 0 aliphatic carbocycles. The molecule has 1 aromatic heterocycles. The number of hydroxylamine groups is 1. The van der Waals surface area contributed by atoms with Crippen LogP contribution in [0, 0.1) is 17.8 Å². The largest absolute Gasteiger partial charge is 0.343 e. The molecular weight excluding hydrogens is 646 g/mol. The molecule has 3 amide bonds. The molecule has 0 aliphatic rings. The summed E-state index contributed by atoms with van der Waals surface area (Å²) in [5.74, 6) is -3.92. The van der Waals surface area contributed by atoms with Crippen LogP contribution in [0.15, 0.2) is 53.4 Å². The SMILES string of the molecule is CCCCc1nc(Cl)c(C=O)n1Cc1ccc(-c2ccccc2S(=O)(=O)NC(=O)[C@H](NC(=O)C(CC(C)C)C(=O)NO)C(C)C)cc1. The maximum Gasteiger partial charge on any atom is 0.264 e. The number of carbonyl (C=O) groups excluding carboxylic acids is 4. The fraction of sp³-hybridized carbons (Fsp3) is 0.424. The lowest BCUT2D eigenvalue weighted by Gasteiger charge is -2.25. The molecule has 0 fully saturated rings. The van der Waals surface area contributed by atoms with Crippen molar-refractivity contribution >= 4 is 45.6 Å². The Kier molecular flexibility index (Phi) is 13.3. The van der Waals surface area contributed by atoms with E-state index < -0.39 is 45.6 Å². The van der Waals surface area contributed by atoms with Gasteiger partial charge in [-0.1, -0.05) is 95.1 Å². The van der Waals surface area contributed by atoms with E-state index in [2.05, 4.69) is 21.9 Å². The van der Waals surface area contributed by atoms with Crippen molar-refractivity contribution in [2.75, 3.05) is 0 Å². The Morgan fingerprint density at radius 3 is 2.23 bits per heavy atom. The maximum atomic E-state index is 13.6. The molecule has 2 aromatic carbocycles. The summed E-state index contributed by atoms with van der Waals surface area (Å²) < 4.78 is 31.0. The van der Waals surface area contributed by atoms with E-state index in [9.17, 15) is 27.6 Å². The smallest absolute Gasteiger partial charge is 0.264 e. The molecule has 1 unspecified atom stereocenters. The lowest BCUT2D eigenvalue weighted by molar-refractivity contribution is -0.143. The summed E-state index contributed by atoms with van der Waals surface area (Å²) in [7, 11) is -4.43. The van der Waals surface area contributed by atoms with Crippen molar-refractivity contribution in [1.82, 2.24) is 25.1 Å². The first kappa shape index (κ1) is 37.4. The summed E-state index contributed by atoms with van der Waals surface area (Å²) in [6.45, 7) is 9.22. The van der Waals surface area contributed by atoms with Gasteiger partial charge in [0.05, 0.1) is 4.90 Å². The van der Waals surface area contributed by atoms with Crippen LogP contribution in [0.3, 0.4) is 0 Å². The molecule has 0 spiro atoms. The first-order valence-electron chi connectivity index (χ1n) is 15.4. The van der Waals surface area contributed by atoms with E-state index in [1.165, 1.54) is 17.6 Å². The second-order valence-electron chi connectivity index (χ2n) is 12.1. The predicted octanol–water partition coefficient (Wildman–Crippen LogP) is 4.52. The molecule has 47 heavy (non-hydrogen) atoms. The zero-order chi connectivity index (χ0) is 34.9. The molecule has 2 atom stereocenters. The number of aldehydes is 1. The highest BCUT2D eigenvalue weighted by Crippen LogP contribution is 2.28. The van der Waals surface area contributed by atoms with E-state index in [-0.39, 0.29) is 28.1 Å². The number of imidazole rings is 1. The highest BCUT2D eigenvalue weighted by molar-refractivity contribution is 7.90. The number of aryl methyl sites for hydroxylation is 1. The van der Waals surface area contributed by atoms with E-state index >= 15 is 0 Å². The van der Waals surface area contributed by atoms with Crippen LogP contribution in [0.25, 0.3) is 11.1 Å². The third kappa shape index (κ3) is 9.49. The van der Waals surface area contributed by atoms with Crippen molar-refractivity contribution in [1.29, 1.82) is 0 Å². The van der Waals surface area contributed by atoms with Gasteiger partial charge in [0.25, 0.3) is 21.8 Å². The second kappa shape index (κ2) is 16.7. The Morgan fingerprint density at radius 1 is 1.00 bits per heavy atom. The van der Waals surface area contributed by atoms with Crippen molar-refractivity contribution in [3.8, 4) is 11.1 Å². The summed E-state index contributed by atoms with van der Waals surface area (Å²) >= 11 is 6.21. The summed E-state index contributed by atoms with van der Waals surface area (Å²) in [5.41, 5.74) is 3.50. The fourth-order valence-corrected chi connectivity index (χ4v) is 6.61. The Bertz CT molecular complexity index is 1690. The summed E-state index contributed by atoms with van der Waals surface area (Å²) in [6.07, 6.45) is 3.28. The molecule has 12 nitrogen and oxygen atoms in total. The number of halogens is 1. The monoisotopic (exact) mass is 687 g/mol. The van der Waals surface area contributed by atoms with Gasteiger partial charge in [-0.3, -0.25) is 24.4 Å². The van der Waals surface area contributed by atoms with Crippen LogP contribution >= 0.6 is 11.6 Å². The lowest BCUT2D eigenvalue weighted by Crippen LogP contribution is -2.54. The topological polar surface area (TPSA) is 177 Å². The number of nitrogens with zero attached hydrogens (tertiary/aromatic N) is 2. The van der Waals surface area contributed by atoms with Crippen LogP contribution in [0.4, 0.5) is 0 Å². The van der Waals surface area contributed by atoms with Gasteiger partial charge in [-0.25, -0.2) is 23.6 Å². The minimum atomic E-state index is -4.43. The van der Waals surface area contributed by atoms with Crippen LogP contribution in [0.1, 0.15) is 75.8 Å². The molecule has 0 radical (unpaired) electrons. The minimum absolute atomic E-state index is 0.0817. The first-order chi connectivity index (χ1) is 22.2. The molecule has 1 heterocycles. The van der Waals surface area contributed by atoms with Gasteiger partial charge in [0.15, 0.2) is 11.4 Å². The van der Waals surface area contributed by atoms with E-state index in [1.807, 2.05) is 12.1 Å². The number of rotatable bonds is 16. The zero-order valence-corrected chi connectivity index (χ0v) is 28.7. The quantitative estimate of drug-likeness (QED) is 0.0735. The highest BCUT2D eigenvalue weighted by Gasteiger charge is 2.34. The Morgan fingerprint density at radius 2 is 1.66 bits per heavy atom. The van der Waals surface area contributed by atoms with Gasteiger partial charge < -0.3 is 9.88 Å². The Hall–Kier alpha value is -4.07. The van der Waals surface area contributed by atoms with Crippen LogP contribution < -0.4 is 15.5 Å². The number of benzene rings is 2. The van der Waals surface area contributed by atoms with Gasteiger partial charge in [-0.15, -0.1) is 0 Å². The number of sulfonamides is 1. The van der Waals surface area contributed by atoms with Crippen molar-refractivity contribution in [2.45, 2.75) is 77.8 Å². The predicted molar refractivity (Wildman–Crippen MR) is 177 cm³/mol. The van der Waals surface area contributed by atoms with Gasteiger partial charge >= 0.3 is 0 Å². The van der Waals surface area contributed by atoms with Crippen molar-refractivity contribution in [2.24, 2.45) is 17.8 Å². The summed E-state index contributed by atoms with van der Waals surface area (Å²) in [5, 5.41) is 11.7. The molecule has 0 saturated heterocycles. The molecule has 0 aliphatic heterocycles. The van der Waals surface area contributed by atoms with Gasteiger partial charge in [0.2, 0.25) is 5.91 Å². The minimum Gasteiger partial charge on any atom is -0.343 e. The molecular formula is C33H42ClN5O7S. The molecule has 3 rings (SSSR count). The van der Waals surface area contributed by atoms with Crippen LogP contribution in [0.5, 0.6) is 0 Å². The van der Waals surface area contributed by atoms with Crippen molar-refractivity contribution in [3.05, 3.63) is 70.8 Å². The van der Waals surface area contributed by atoms with E-state index in [0.29, 0.717) is 36.2 Å². The normalized spacial score (nSPS) is 12.9. The fourth-order valence-electron chi connectivity index (χ4n) is 5.13. The van der Waals surface area contributed by atoms with E-state index in [4.69, 9.17) is 16.8 Å². The van der Waals surface area contributed by atoms with Gasteiger partial charge in [-0.05, 0) is 41.9 Å². The molecule has 0 saturated carbocycles. The second-order valence-corrected chi connectivity index (χ2v) is 14.1. The van der Waals surface area contributed by atoms with Crippen LogP contribution in [-0.2, 0) is 37.4 Å². The molecule has 14 heteroatoms. The number of unbranched alkanes of at least 4 members (excludes halogenated alkanes) is 1. The zero-order valence-electron chi connectivity index (χ0n) is 27.1. The maximum absolute atomic E-state index is 13.6. The highest BCUT2D eigenvalue weighted by atomic mass is 35.5. The van der Waals surface area contributed by atoms with Gasteiger partial charge in [0.1, 0.15) is 23.5 Å². The third-order valence-corrected chi connectivity index (χ3v) is 9.30. The van der Waals surface area contributed by atoms with E-state index in [1.54, 1.807) is 56.5 Å². The number of hydrogen-bond acceptors (Lipinski definition) is 8. The standard InChI is InChI=1S/C33H42ClN5O7S/c1-6-7-12-28-35-30(34)26(19-40)39(28)18-22-13-15-23(16-14-22)24-10-8-9-11-27(24)47(45,46)38-33(43)29(21(4)5)36-31(41)25(17-20(2)3)32(42)37-44/h8-11,13-16,19-21,25,29,44H,6-7,12,17-18H2,1-5H3,(H,36,41)(H,37,42)(H,38,43)/t25?,29-/m1/s1. The molecule has 3 aromatic rings. The van der Waals surface area contributed by atoms with Gasteiger partial charge in [-0.2, -0.15) is 0 Å². The van der Waals surface area contributed by atoms with Crippen molar-refractivity contribution < 1.29 is 32.8 Å². The third-order valence-electron chi connectivity index (χ3n) is 7.62. The van der Waals surface area contributed by atoms with E-state index in [0.717, 1.165) is 18.4 Å². The number of carbonyl (C=O) groups is 4. The molecule has 254 valence electrons. The number of hydrogen-bond donors (Lipinski definition) is 4. The van der Waals surface area contributed by atoms with Crippen LogP contribution in [0.2, 0.25) is 5.15 Å². The average Bonchev–Trinajstić information content (AvgIpc) is 3.33. The number of amides is 3. The van der Waals surface area contributed by atoms with Crippen LogP contribution in [-0.4, -0.2) is 53.2 Å². The van der Waals surface area contributed by atoms with Gasteiger partial charge in [0, 0.05) is 18.5 Å². The van der Waals surface area contributed by atoms with Crippen molar-refractivity contribution in [3.63, 3.8) is 0 Å². The average molecular weight is 688 g/mol. The summed E-state index contributed by atoms with van der Waals surface area (Å²) in [4.78, 5) is 54.4. The Balaban J connectivity index is 1.85. The summed E-state index contributed by atoms with van der Waals surface area (Å²) in [6, 6.07) is 12.0.